The lowest BCUT2D eigenvalue weighted by Gasteiger charge is -2.40. The second kappa shape index (κ2) is 10.7. The third-order valence-electron chi connectivity index (χ3n) is 9.53. The molecule has 6 heterocycles. The highest BCUT2D eigenvalue weighted by Crippen LogP contribution is 2.45. The van der Waals surface area contributed by atoms with Crippen LogP contribution in [0.5, 0.6) is 0 Å². The van der Waals surface area contributed by atoms with Crippen LogP contribution in [0.4, 0.5) is 27.6 Å². The van der Waals surface area contributed by atoms with Crippen LogP contribution < -0.4 is 5.73 Å². The van der Waals surface area contributed by atoms with E-state index in [0.717, 1.165) is 31.5 Å². The largest absolute Gasteiger partial charge is 0.461 e. The van der Waals surface area contributed by atoms with Gasteiger partial charge in [0.2, 0.25) is 6.04 Å². The van der Waals surface area contributed by atoms with Crippen LogP contribution in [-0.4, -0.2) is 90.2 Å². The number of nitrogens with zero attached hydrogens (tertiary/aromatic N) is 6. The standard InChI is InChI=1S/C29H29ClF5N7O2/c1-37-18-3-7-42-19(18)4-8-43-26-20-24(22(32)23(38-26)16-9-15(36)10-17(30)21(16)29(33,34)35)39-27(40-25(20)42)44-13-28-5-2-6-41(28)12-14(31)11-28/h9-10,14,18-20,26H,2-8,11-13,36H2/t14-,18?,19?,20?,26?,28+/m1/s1. The molecule has 1 aromatic rings. The fourth-order valence-electron chi connectivity index (χ4n) is 7.62. The van der Waals surface area contributed by atoms with Crippen LogP contribution in [0.1, 0.15) is 43.2 Å². The summed E-state index contributed by atoms with van der Waals surface area (Å²) in [6.07, 6.45) is -4.21. The molecule has 0 aromatic heterocycles. The van der Waals surface area contributed by atoms with Crippen LogP contribution in [-0.2, 0) is 15.7 Å². The summed E-state index contributed by atoms with van der Waals surface area (Å²) in [5.74, 6) is -1.77. The van der Waals surface area contributed by atoms with Gasteiger partial charge in [-0.1, -0.05) is 11.6 Å². The number of dihydropyridines is 1. The van der Waals surface area contributed by atoms with Crippen molar-refractivity contribution in [2.24, 2.45) is 20.9 Å². The Hall–Kier alpha value is -3.28. The predicted molar refractivity (Wildman–Crippen MR) is 153 cm³/mol. The number of allylic oxidation sites excluding steroid dienone is 1. The summed E-state index contributed by atoms with van der Waals surface area (Å²) in [4.78, 5) is 21.2. The van der Waals surface area contributed by atoms with Crippen LogP contribution >= 0.6 is 11.6 Å². The predicted octanol–water partition coefficient (Wildman–Crippen LogP) is 5.01. The Balaban J connectivity index is 1.34. The van der Waals surface area contributed by atoms with E-state index < -0.39 is 57.7 Å². The van der Waals surface area contributed by atoms with E-state index in [1.54, 1.807) is 0 Å². The van der Waals surface area contributed by atoms with Crippen LogP contribution in [0.3, 0.4) is 0 Å². The van der Waals surface area contributed by atoms with Gasteiger partial charge < -0.3 is 25.0 Å². The zero-order valence-electron chi connectivity index (χ0n) is 23.5. The molecule has 0 aliphatic carbocycles. The SMILES string of the molecule is [C-]#[N+]C1CCN2C3=NC(OC[C@@]45CCCN4C[C@H](F)C5)=NC4=C(F)C(c5cc(N)cc(Cl)c5C(F)(F)F)=NC(OCCC12)C34. The Kier molecular flexibility index (Phi) is 7.13. The first kappa shape index (κ1) is 29.4. The number of amidine groups is 2. The Morgan fingerprint density at radius 3 is 2.82 bits per heavy atom. The number of aliphatic imine (C=N–C) groups is 3. The normalized spacial score (nSPS) is 33.4. The monoisotopic (exact) mass is 637 g/mol. The van der Waals surface area contributed by atoms with Gasteiger partial charge in [-0.15, -0.1) is 0 Å². The third kappa shape index (κ3) is 4.75. The first-order valence-corrected chi connectivity index (χ1v) is 15.0. The van der Waals surface area contributed by atoms with Crippen molar-refractivity contribution in [1.29, 1.82) is 0 Å². The van der Waals surface area contributed by atoms with Crippen molar-refractivity contribution >= 4 is 34.9 Å². The van der Waals surface area contributed by atoms with Gasteiger partial charge in [0.15, 0.2) is 12.1 Å². The minimum Gasteiger partial charge on any atom is -0.461 e. The Labute approximate surface area is 255 Å². The molecule has 44 heavy (non-hydrogen) atoms. The smallest absolute Gasteiger partial charge is 0.418 e. The van der Waals surface area contributed by atoms with E-state index in [1.165, 1.54) is 0 Å². The second-order valence-corrected chi connectivity index (χ2v) is 12.5. The zero-order valence-corrected chi connectivity index (χ0v) is 24.2. The molecule has 7 rings (SSSR count). The molecular formula is C29H29ClF5N7O2. The first-order valence-electron chi connectivity index (χ1n) is 14.6. The maximum atomic E-state index is 16.6. The molecule has 0 amide bonds. The Bertz CT molecular complexity index is 1560. The zero-order chi connectivity index (χ0) is 31.0. The summed E-state index contributed by atoms with van der Waals surface area (Å²) >= 11 is 5.99. The van der Waals surface area contributed by atoms with Crippen molar-refractivity contribution in [1.82, 2.24) is 9.80 Å². The molecule has 0 bridgehead atoms. The number of hydrogen-bond acceptors (Lipinski definition) is 8. The van der Waals surface area contributed by atoms with Crippen molar-refractivity contribution < 1.29 is 31.4 Å². The molecule has 2 N–H and O–H groups in total. The van der Waals surface area contributed by atoms with Crippen LogP contribution in [0.15, 0.2) is 38.6 Å². The minimum absolute atomic E-state index is 0.0701. The maximum absolute atomic E-state index is 16.6. The fraction of sp³-hybridized carbons (Fsp3) is 0.586. The van der Waals surface area contributed by atoms with Gasteiger partial charge >= 0.3 is 12.2 Å². The molecule has 0 radical (unpaired) electrons. The average Bonchev–Trinajstić information content (AvgIpc) is 3.62. The molecule has 6 atom stereocenters. The number of fused-ring (bicyclic) bond motifs is 3. The minimum atomic E-state index is -4.94. The molecule has 9 nitrogen and oxygen atoms in total. The number of anilines is 1. The number of rotatable bonds is 3. The maximum Gasteiger partial charge on any atom is 0.418 e. The van der Waals surface area contributed by atoms with Gasteiger partial charge in [0.05, 0.1) is 28.4 Å². The van der Waals surface area contributed by atoms with Crippen molar-refractivity contribution in [3.63, 3.8) is 0 Å². The van der Waals surface area contributed by atoms with Gasteiger partial charge in [0, 0.05) is 37.2 Å². The summed E-state index contributed by atoms with van der Waals surface area (Å²) in [6.45, 7) is 9.39. The highest BCUT2D eigenvalue weighted by atomic mass is 35.5. The Morgan fingerprint density at radius 2 is 2.05 bits per heavy atom. The van der Waals surface area contributed by atoms with Gasteiger partial charge in [-0.05, 0) is 37.9 Å². The summed E-state index contributed by atoms with van der Waals surface area (Å²) in [5, 5.41) is -0.694. The summed E-state index contributed by atoms with van der Waals surface area (Å²) < 4.78 is 85.8. The summed E-state index contributed by atoms with van der Waals surface area (Å²) in [6, 6.07) is 1.14. The fourth-order valence-corrected chi connectivity index (χ4v) is 7.96. The number of ether oxygens (including phenoxy) is 2. The van der Waals surface area contributed by atoms with E-state index in [-0.39, 0.29) is 42.7 Å². The van der Waals surface area contributed by atoms with E-state index in [2.05, 4.69) is 19.7 Å². The molecule has 4 unspecified atom stereocenters. The van der Waals surface area contributed by atoms with Crippen LogP contribution in [0, 0.1) is 12.5 Å². The summed E-state index contributed by atoms with van der Waals surface area (Å²) in [7, 11) is 0. The number of halogens is 6. The lowest BCUT2D eigenvalue weighted by atomic mass is 9.90. The number of hydrogen-bond donors (Lipinski definition) is 1. The molecule has 15 heteroatoms. The Morgan fingerprint density at radius 1 is 1.23 bits per heavy atom. The lowest BCUT2D eigenvalue weighted by molar-refractivity contribution is -0.137. The number of nitrogen functional groups attached to an aromatic ring is 1. The van der Waals surface area contributed by atoms with Crippen molar-refractivity contribution in [3.8, 4) is 0 Å². The molecule has 6 aliphatic rings. The molecule has 6 aliphatic heterocycles. The van der Waals surface area contributed by atoms with E-state index >= 15 is 4.39 Å². The number of benzene rings is 1. The first-order chi connectivity index (χ1) is 21.0. The van der Waals surface area contributed by atoms with E-state index in [1.807, 2.05) is 4.90 Å². The number of alkyl halides is 4. The molecule has 234 valence electrons. The highest BCUT2D eigenvalue weighted by Gasteiger charge is 2.52. The molecule has 4 saturated heterocycles. The van der Waals surface area contributed by atoms with Crippen LogP contribution in [0.2, 0.25) is 5.02 Å². The molecule has 4 fully saturated rings. The number of nitrogens with two attached hydrogens (primary N) is 1. The van der Waals surface area contributed by atoms with Crippen LogP contribution in [0.25, 0.3) is 4.85 Å². The van der Waals surface area contributed by atoms with E-state index in [9.17, 15) is 17.6 Å². The van der Waals surface area contributed by atoms with E-state index in [0.29, 0.717) is 38.2 Å². The molecule has 0 saturated carbocycles. The van der Waals surface area contributed by atoms with Crippen molar-refractivity contribution in [3.05, 3.63) is 51.2 Å². The summed E-state index contributed by atoms with van der Waals surface area (Å²) in [5.41, 5.74) is 2.42. The quantitative estimate of drug-likeness (QED) is 0.286. The third-order valence-corrected chi connectivity index (χ3v) is 9.83. The van der Waals surface area contributed by atoms with E-state index in [4.69, 9.17) is 38.4 Å². The second-order valence-electron chi connectivity index (χ2n) is 12.1. The lowest BCUT2D eigenvalue weighted by Crippen LogP contribution is -2.52. The van der Waals surface area contributed by atoms with Gasteiger partial charge in [0.1, 0.15) is 36.3 Å². The molecular weight excluding hydrogens is 609 g/mol. The van der Waals surface area contributed by atoms with Crippen molar-refractivity contribution in [2.75, 3.05) is 38.6 Å². The van der Waals surface area contributed by atoms with Gasteiger partial charge in [-0.3, -0.25) is 4.90 Å². The average molecular weight is 638 g/mol. The molecule has 0 spiro atoms. The molecule has 1 aromatic carbocycles. The van der Waals surface area contributed by atoms with Gasteiger partial charge in [0.25, 0.3) is 0 Å². The topological polar surface area (TPSA) is 92.4 Å². The van der Waals surface area contributed by atoms with Gasteiger partial charge in [-0.2, -0.15) is 23.2 Å². The van der Waals surface area contributed by atoms with Gasteiger partial charge in [-0.25, -0.2) is 20.3 Å². The highest BCUT2D eigenvalue weighted by molar-refractivity contribution is 6.32. The van der Waals surface area contributed by atoms with Crippen molar-refractivity contribution in [2.45, 2.75) is 68.3 Å².